The number of hydrogen-bond donors (Lipinski definition) is 1. The number of carbonyl (C=O) groups is 2. The van der Waals surface area contributed by atoms with Gasteiger partial charge in [-0.1, -0.05) is 6.07 Å². The molecule has 1 N–H and O–H groups in total. The number of amides is 2. The largest absolute Gasteiger partial charge is 0.350 e. The maximum atomic E-state index is 13.9. The maximum absolute atomic E-state index is 13.9. The van der Waals surface area contributed by atoms with Gasteiger partial charge in [0, 0.05) is 42.4 Å². The SMILES string of the molecule is O=C(NCC1CCN(C(=O)C2CC2c2c(F)cccc2F)CC1)c1cscn1. The second kappa shape index (κ2) is 7.95. The van der Waals surface area contributed by atoms with Gasteiger partial charge >= 0.3 is 0 Å². The molecule has 1 saturated carbocycles. The summed E-state index contributed by atoms with van der Waals surface area (Å²) < 4.78 is 27.8. The number of carbonyl (C=O) groups excluding carboxylic acids is 2. The second-order valence-electron chi connectivity index (χ2n) is 7.44. The van der Waals surface area contributed by atoms with Crippen LogP contribution in [0, 0.1) is 23.5 Å². The zero-order chi connectivity index (χ0) is 19.7. The van der Waals surface area contributed by atoms with E-state index in [1.165, 1.54) is 29.5 Å². The van der Waals surface area contributed by atoms with Crippen LogP contribution in [0.25, 0.3) is 0 Å². The molecule has 148 valence electrons. The lowest BCUT2D eigenvalue weighted by molar-refractivity contribution is -0.134. The number of aromatic nitrogens is 1. The third kappa shape index (κ3) is 3.92. The van der Waals surface area contributed by atoms with Crippen LogP contribution in [0.4, 0.5) is 8.78 Å². The van der Waals surface area contributed by atoms with Crippen LogP contribution in [0.2, 0.25) is 0 Å². The number of hydrogen-bond acceptors (Lipinski definition) is 4. The van der Waals surface area contributed by atoms with Crippen LogP contribution in [-0.2, 0) is 4.79 Å². The third-order valence-corrected chi connectivity index (χ3v) is 6.21. The van der Waals surface area contributed by atoms with Crippen molar-refractivity contribution in [2.45, 2.75) is 25.2 Å². The molecule has 1 aromatic heterocycles. The first-order valence-corrected chi connectivity index (χ1v) is 10.4. The lowest BCUT2D eigenvalue weighted by Crippen LogP contribution is -2.42. The molecule has 2 fully saturated rings. The molecule has 2 unspecified atom stereocenters. The van der Waals surface area contributed by atoms with Crippen LogP contribution in [-0.4, -0.2) is 41.3 Å². The molecule has 0 spiro atoms. The van der Waals surface area contributed by atoms with E-state index < -0.39 is 11.6 Å². The number of benzene rings is 1. The van der Waals surface area contributed by atoms with Crippen molar-refractivity contribution in [2.75, 3.05) is 19.6 Å². The smallest absolute Gasteiger partial charge is 0.270 e. The second-order valence-corrected chi connectivity index (χ2v) is 8.16. The van der Waals surface area contributed by atoms with E-state index in [-0.39, 0.29) is 29.2 Å². The molecule has 0 radical (unpaired) electrons. The van der Waals surface area contributed by atoms with Crippen molar-refractivity contribution in [2.24, 2.45) is 11.8 Å². The maximum Gasteiger partial charge on any atom is 0.270 e. The first-order valence-electron chi connectivity index (χ1n) is 9.43. The summed E-state index contributed by atoms with van der Waals surface area (Å²) >= 11 is 1.38. The van der Waals surface area contributed by atoms with Crippen molar-refractivity contribution in [1.82, 2.24) is 15.2 Å². The van der Waals surface area contributed by atoms with Crippen LogP contribution in [0.15, 0.2) is 29.1 Å². The summed E-state index contributed by atoms with van der Waals surface area (Å²) in [4.78, 5) is 30.4. The van der Waals surface area contributed by atoms with Gasteiger partial charge in [0.1, 0.15) is 17.3 Å². The van der Waals surface area contributed by atoms with Gasteiger partial charge in [0.05, 0.1) is 5.51 Å². The van der Waals surface area contributed by atoms with Gasteiger partial charge in [0.25, 0.3) is 5.91 Å². The number of nitrogens with zero attached hydrogens (tertiary/aromatic N) is 2. The summed E-state index contributed by atoms with van der Waals surface area (Å²) in [5.74, 6) is -1.71. The van der Waals surface area contributed by atoms with Crippen LogP contribution in [0.1, 0.15) is 41.2 Å². The van der Waals surface area contributed by atoms with E-state index in [0.717, 1.165) is 12.8 Å². The minimum Gasteiger partial charge on any atom is -0.350 e. The molecular weight excluding hydrogens is 384 g/mol. The molecule has 2 aliphatic rings. The highest BCUT2D eigenvalue weighted by molar-refractivity contribution is 7.07. The molecule has 0 bridgehead atoms. The Balaban J connectivity index is 1.25. The summed E-state index contributed by atoms with van der Waals surface area (Å²) in [7, 11) is 0. The van der Waals surface area contributed by atoms with Crippen LogP contribution >= 0.6 is 11.3 Å². The highest BCUT2D eigenvalue weighted by Crippen LogP contribution is 2.50. The van der Waals surface area contributed by atoms with Gasteiger partial charge in [-0.05, 0) is 37.3 Å². The van der Waals surface area contributed by atoms with E-state index in [0.29, 0.717) is 37.7 Å². The van der Waals surface area contributed by atoms with Crippen molar-refractivity contribution in [3.8, 4) is 0 Å². The van der Waals surface area contributed by atoms with Crippen LogP contribution in [0.5, 0.6) is 0 Å². The molecule has 2 aromatic rings. The van der Waals surface area contributed by atoms with Gasteiger partial charge in [-0.25, -0.2) is 13.8 Å². The average Bonchev–Trinajstić information content (AvgIpc) is 3.27. The number of likely N-dealkylation sites (tertiary alicyclic amines) is 1. The minimum absolute atomic E-state index is 0.0161. The van der Waals surface area contributed by atoms with Crippen molar-refractivity contribution < 1.29 is 18.4 Å². The molecule has 1 aliphatic heterocycles. The number of halogens is 2. The summed E-state index contributed by atoms with van der Waals surface area (Å²) in [6.45, 7) is 1.78. The van der Waals surface area contributed by atoms with Crippen molar-refractivity contribution in [3.63, 3.8) is 0 Å². The van der Waals surface area contributed by atoms with Gasteiger partial charge < -0.3 is 10.2 Å². The van der Waals surface area contributed by atoms with Crippen molar-refractivity contribution in [3.05, 3.63) is 52.0 Å². The fourth-order valence-corrected chi connectivity index (χ4v) is 4.43. The molecule has 8 heteroatoms. The number of nitrogens with one attached hydrogen (secondary N) is 1. The summed E-state index contributed by atoms with van der Waals surface area (Å²) in [6, 6.07) is 3.82. The van der Waals surface area contributed by atoms with Gasteiger partial charge in [0.15, 0.2) is 0 Å². The van der Waals surface area contributed by atoms with Gasteiger partial charge in [0.2, 0.25) is 5.91 Å². The Morgan fingerprint density at radius 2 is 1.93 bits per heavy atom. The Hall–Kier alpha value is -2.35. The zero-order valence-electron chi connectivity index (χ0n) is 15.2. The predicted molar refractivity (Wildman–Crippen MR) is 101 cm³/mol. The fourth-order valence-electron chi connectivity index (χ4n) is 3.90. The van der Waals surface area contributed by atoms with E-state index in [9.17, 15) is 18.4 Å². The quantitative estimate of drug-likeness (QED) is 0.831. The zero-order valence-corrected chi connectivity index (χ0v) is 16.1. The highest BCUT2D eigenvalue weighted by atomic mass is 32.1. The molecule has 28 heavy (non-hydrogen) atoms. The van der Waals surface area contributed by atoms with Gasteiger partial charge in [-0.3, -0.25) is 9.59 Å². The minimum atomic E-state index is -0.574. The Kier molecular flexibility index (Phi) is 5.39. The van der Waals surface area contributed by atoms with Gasteiger partial charge in [-0.15, -0.1) is 11.3 Å². The van der Waals surface area contributed by atoms with Gasteiger partial charge in [-0.2, -0.15) is 0 Å². The van der Waals surface area contributed by atoms with E-state index in [1.807, 2.05) is 0 Å². The first-order chi connectivity index (χ1) is 13.5. The molecule has 2 heterocycles. The monoisotopic (exact) mass is 405 g/mol. The van der Waals surface area contributed by atoms with Crippen LogP contribution < -0.4 is 5.32 Å². The first kappa shape index (κ1) is 19.0. The molecule has 1 aliphatic carbocycles. The lowest BCUT2D eigenvalue weighted by Gasteiger charge is -2.32. The number of piperidine rings is 1. The molecule has 1 saturated heterocycles. The highest BCUT2D eigenvalue weighted by Gasteiger charge is 2.48. The van der Waals surface area contributed by atoms with E-state index in [1.54, 1.807) is 15.8 Å². The number of rotatable bonds is 5. The Morgan fingerprint density at radius 3 is 2.57 bits per heavy atom. The summed E-state index contributed by atoms with van der Waals surface area (Å²) in [6.07, 6.45) is 2.10. The topological polar surface area (TPSA) is 62.3 Å². The van der Waals surface area contributed by atoms with E-state index in [2.05, 4.69) is 10.3 Å². The van der Waals surface area contributed by atoms with E-state index in [4.69, 9.17) is 0 Å². The van der Waals surface area contributed by atoms with Crippen molar-refractivity contribution in [1.29, 1.82) is 0 Å². The standard InChI is InChI=1S/C20H21F2N3O2S/c21-15-2-1-3-16(22)18(15)13-8-14(13)20(27)25-6-4-12(5-7-25)9-23-19(26)17-10-28-11-24-17/h1-3,10-14H,4-9H2,(H,23,26). The molecule has 2 amide bonds. The van der Waals surface area contributed by atoms with Crippen LogP contribution in [0.3, 0.4) is 0 Å². The molecule has 1 aromatic carbocycles. The Bertz CT molecular complexity index is 846. The molecule has 2 atom stereocenters. The lowest BCUT2D eigenvalue weighted by atomic mass is 9.96. The van der Waals surface area contributed by atoms with Crippen molar-refractivity contribution >= 4 is 23.2 Å². The summed E-state index contributed by atoms with van der Waals surface area (Å²) in [5.41, 5.74) is 2.09. The molecular formula is C20H21F2N3O2S. The Labute approximate surface area is 165 Å². The summed E-state index contributed by atoms with van der Waals surface area (Å²) in [5, 5.41) is 4.60. The third-order valence-electron chi connectivity index (χ3n) is 5.62. The molecule has 5 nitrogen and oxygen atoms in total. The normalized spacial score (nSPS) is 22.1. The molecule has 4 rings (SSSR count). The average molecular weight is 405 g/mol. The van der Waals surface area contributed by atoms with E-state index >= 15 is 0 Å². The Morgan fingerprint density at radius 1 is 1.21 bits per heavy atom. The fraction of sp³-hybridized carbons (Fsp3) is 0.450. The predicted octanol–water partition coefficient (Wildman–Crippen LogP) is 3.19. The number of thiazole rings is 1.